The quantitative estimate of drug-likeness (QED) is 0.744. The number of aromatic nitrogens is 2. The third kappa shape index (κ3) is 5.10. The molecule has 7 nitrogen and oxygen atoms in total. The summed E-state index contributed by atoms with van der Waals surface area (Å²) in [5.41, 5.74) is 0.764. The molecule has 1 fully saturated rings. The molecule has 28 heavy (non-hydrogen) atoms. The maximum atomic E-state index is 12.7. The van der Waals surface area contributed by atoms with Crippen molar-refractivity contribution in [3.63, 3.8) is 0 Å². The van der Waals surface area contributed by atoms with Gasteiger partial charge in [-0.15, -0.1) is 18.3 Å². The molecule has 1 aromatic carbocycles. The number of ether oxygens (including phenoxy) is 2. The molecule has 2 heterocycles. The van der Waals surface area contributed by atoms with E-state index in [1.54, 1.807) is 12.1 Å². The van der Waals surface area contributed by atoms with Crippen molar-refractivity contribution in [1.29, 1.82) is 0 Å². The molecule has 1 aliphatic rings. The lowest BCUT2D eigenvalue weighted by Gasteiger charge is -2.31. The standard InChI is InChI=1S/C17H18F3N3O4S/c1-12-2-7-16(22-21-12)26-13-8-10-23(11-9-13)28(24,25)15-5-3-14(4-6-15)27-17(18,19)20/h2-7,13H,8-11H2,1H3. The lowest BCUT2D eigenvalue weighted by molar-refractivity contribution is -0.274. The number of aryl methyl sites for hydroxylation is 1. The average molecular weight is 417 g/mol. The van der Waals surface area contributed by atoms with Crippen LogP contribution < -0.4 is 9.47 Å². The SMILES string of the molecule is Cc1ccc(OC2CCN(S(=O)(=O)c3ccc(OC(F)(F)F)cc3)CC2)nn1. The number of alkyl halides is 3. The van der Waals surface area contributed by atoms with Gasteiger partial charge in [0.1, 0.15) is 11.9 Å². The lowest BCUT2D eigenvalue weighted by Crippen LogP contribution is -2.41. The fraction of sp³-hybridized carbons (Fsp3) is 0.412. The summed E-state index contributed by atoms with van der Waals surface area (Å²) in [7, 11) is -3.81. The molecule has 1 aromatic heterocycles. The van der Waals surface area contributed by atoms with E-state index in [9.17, 15) is 21.6 Å². The highest BCUT2D eigenvalue weighted by atomic mass is 32.2. The minimum Gasteiger partial charge on any atom is -0.473 e. The van der Waals surface area contributed by atoms with Crippen molar-refractivity contribution in [2.45, 2.75) is 37.1 Å². The maximum Gasteiger partial charge on any atom is 0.573 e. The Morgan fingerprint density at radius 3 is 2.21 bits per heavy atom. The van der Waals surface area contributed by atoms with Crippen molar-refractivity contribution in [2.75, 3.05) is 13.1 Å². The first-order valence-corrected chi connectivity index (χ1v) is 9.90. The average Bonchev–Trinajstić information content (AvgIpc) is 2.63. The first-order valence-electron chi connectivity index (χ1n) is 8.46. The fourth-order valence-corrected chi connectivity index (χ4v) is 4.24. The Hall–Kier alpha value is -2.40. The molecule has 0 N–H and O–H groups in total. The zero-order valence-corrected chi connectivity index (χ0v) is 15.7. The first kappa shape index (κ1) is 20.3. The Bertz CT molecular complexity index is 895. The van der Waals surface area contributed by atoms with Gasteiger partial charge in [-0.05, 0) is 50.1 Å². The van der Waals surface area contributed by atoms with Crippen molar-refractivity contribution >= 4 is 10.0 Å². The van der Waals surface area contributed by atoms with Gasteiger partial charge in [0.05, 0.1) is 10.6 Å². The Labute approximate surface area is 160 Å². The molecule has 152 valence electrons. The summed E-state index contributed by atoms with van der Waals surface area (Å²) in [5.74, 6) is -0.0927. The van der Waals surface area contributed by atoms with E-state index in [4.69, 9.17) is 4.74 Å². The maximum absolute atomic E-state index is 12.7. The molecule has 0 atom stereocenters. The summed E-state index contributed by atoms with van der Waals surface area (Å²) in [6.07, 6.45) is -4.09. The summed E-state index contributed by atoms with van der Waals surface area (Å²) in [6.45, 7) is 2.27. The third-order valence-corrected chi connectivity index (χ3v) is 6.07. The number of sulfonamides is 1. The first-order chi connectivity index (χ1) is 13.1. The highest BCUT2D eigenvalue weighted by molar-refractivity contribution is 7.89. The predicted molar refractivity (Wildman–Crippen MR) is 92.3 cm³/mol. The Morgan fingerprint density at radius 2 is 1.68 bits per heavy atom. The second-order valence-electron chi connectivity index (χ2n) is 6.25. The van der Waals surface area contributed by atoms with Crippen LogP contribution in [-0.2, 0) is 10.0 Å². The van der Waals surface area contributed by atoms with Crippen LogP contribution in [-0.4, -0.2) is 48.5 Å². The van der Waals surface area contributed by atoms with Gasteiger partial charge in [-0.25, -0.2) is 8.42 Å². The minimum atomic E-state index is -4.83. The number of hydrogen-bond donors (Lipinski definition) is 0. The summed E-state index contributed by atoms with van der Waals surface area (Å²) in [6, 6.07) is 7.63. The molecular weight excluding hydrogens is 399 g/mol. The van der Waals surface area contributed by atoms with Crippen LogP contribution >= 0.6 is 0 Å². The van der Waals surface area contributed by atoms with Gasteiger partial charge in [-0.3, -0.25) is 0 Å². The second kappa shape index (κ2) is 7.92. The van der Waals surface area contributed by atoms with E-state index in [-0.39, 0.29) is 24.1 Å². The molecule has 1 saturated heterocycles. The highest BCUT2D eigenvalue weighted by Crippen LogP contribution is 2.27. The Kier molecular flexibility index (Phi) is 5.75. The largest absolute Gasteiger partial charge is 0.573 e. The van der Waals surface area contributed by atoms with E-state index in [1.807, 2.05) is 6.92 Å². The number of halogens is 3. The number of benzene rings is 1. The number of rotatable bonds is 5. The van der Waals surface area contributed by atoms with Crippen molar-refractivity contribution in [3.05, 3.63) is 42.1 Å². The third-order valence-electron chi connectivity index (χ3n) is 4.16. The summed E-state index contributed by atoms with van der Waals surface area (Å²) < 4.78 is 72.8. The Morgan fingerprint density at radius 1 is 1.04 bits per heavy atom. The zero-order valence-electron chi connectivity index (χ0n) is 14.9. The van der Waals surface area contributed by atoms with Gasteiger partial charge in [0.15, 0.2) is 0 Å². The van der Waals surface area contributed by atoms with E-state index in [0.29, 0.717) is 18.7 Å². The van der Waals surface area contributed by atoms with Crippen LogP contribution in [0.5, 0.6) is 11.6 Å². The smallest absolute Gasteiger partial charge is 0.473 e. The predicted octanol–water partition coefficient (Wildman–Crippen LogP) is 2.92. The number of hydrogen-bond acceptors (Lipinski definition) is 6. The van der Waals surface area contributed by atoms with Crippen LogP contribution in [0.15, 0.2) is 41.3 Å². The van der Waals surface area contributed by atoms with Gasteiger partial charge in [0.2, 0.25) is 15.9 Å². The van der Waals surface area contributed by atoms with Gasteiger partial charge >= 0.3 is 6.36 Å². The molecule has 3 rings (SSSR count). The van der Waals surface area contributed by atoms with Gasteiger partial charge in [-0.1, -0.05) is 0 Å². The van der Waals surface area contributed by atoms with Crippen LogP contribution in [0.1, 0.15) is 18.5 Å². The monoisotopic (exact) mass is 417 g/mol. The second-order valence-corrected chi connectivity index (χ2v) is 8.19. The molecule has 0 spiro atoms. The van der Waals surface area contributed by atoms with Crippen LogP contribution in [0.4, 0.5) is 13.2 Å². The molecule has 2 aromatic rings. The summed E-state index contributed by atoms with van der Waals surface area (Å²) in [5, 5.41) is 7.83. The van der Waals surface area contributed by atoms with Gasteiger partial charge in [-0.2, -0.15) is 9.40 Å². The molecule has 0 radical (unpaired) electrons. The lowest BCUT2D eigenvalue weighted by atomic mass is 10.1. The van der Waals surface area contributed by atoms with Crippen LogP contribution in [0, 0.1) is 6.92 Å². The molecule has 1 aliphatic heterocycles. The molecular formula is C17H18F3N3O4S. The Balaban J connectivity index is 1.60. The zero-order chi connectivity index (χ0) is 20.4. The van der Waals surface area contributed by atoms with Crippen molar-refractivity contribution < 1.29 is 31.1 Å². The molecule has 0 saturated carbocycles. The molecule has 11 heteroatoms. The topological polar surface area (TPSA) is 81.6 Å². The van der Waals surface area contributed by atoms with E-state index in [1.165, 1.54) is 4.31 Å². The highest BCUT2D eigenvalue weighted by Gasteiger charge is 2.32. The summed E-state index contributed by atoms with van der Waals surface area (Å²) in [4.78, 5) is -0.0919. The van der Waals surface area contributed by atoms with E-state index in [2.05, 4.69) is 14.9 Å². The molecule has 0 aliphatic carbocycles. The van der Waals surface area contributed by atoms with E-state index in [0.717, 1.165) is 30.0 Å². The van der Waals surface area contributed by atoms with Gasteiger partial charge in [0, 0.05) is 19.2 Å². The van der Waals surface area contributed by atoms with Crippen molar-refractivity contribution in [2.24, 2.45) is 0 Å². The van der Waals surface area contributed by atoms with Gasteiger partial charge in [0.25, 0.3) is 0 Å². The normalized spacial score (nSPS) is 16.7. The van der Waals surface area contributed by atoms with Crippen LogP contribution in [0.3, 0.4) is 0 Å². The van der Waals surface area contributed by atoms with Crippen molar-refractivity contribution in [3.8, 4) is 11.6 Å². The van der Waals surface area contributed by atoms with Crippen LogP contribution in [0.2, 0.25) is 0 Å². The van der Waals surface area contributed by atoms with Crippen LogP contribution in [0.25, 0.3) is 0 Å². The molecule has 0 bridgehead atoms. The van der Waals surface area contributed by atoms with Gasteiger partial charge < -0.3 is 9.47 Å². The minimum absolute atomic E-state index is 0.0919. The summed E-state index contributed by atoms with van der Waals surface area (Å²) >= 11 is 0. The molecule has 0 amide bonds. The van der Waals surface area contributed by atoms with E-state index >= 15 is 0 Å². The number of nitrogens with zero attached hydrogens (tertiary/aromatic N) is 3. The number of piperidine rings is 1. The van der Waals surface area contributed by atoms with Crippen molar-refractivity contribution in [1.82, 2.24) is 14.5 Å². The van der Waals surface area contributed by atoms with E-state index < -0.39 is 22.1 Å². The molecule has 0 unspecified atom stereocenters. The fourth-order valence-electron chi connectivity index (χ4n) is 2.77.